The molecule has 1 aliphatic heterocycles. The molecule has 2 amide bonds. The molecule has 0 fully saturated rings. The van der Waals surface area contributed by atoms with Crippen molar-refractivity contribution in [3.05, 3.63) is 71.8 Å². The van der Waals surface area contributed by atoms with Gasteiger partial charge in [0.05, 0.1) is 0 Å². The molecule has 0 radical (unpaired) electrons. The van der Waals surface area contributed by atoms with Gasteiger partial charge in [-0.15, -0.1) is 0 Å². The number of nitrogens with zero attached hydrogens (tertiary/aromatic N) is 3. The number of hydrazone groups is 1. The number of halogens is 4. The molecule has 6 nitrogen and oxygen atoms in total. The highest BCUT2D eigenvalue weighted by molar-refractivity contribution is 6.44. The zero-order chi connectivity index (χ0) is 24.9. The van der Waals surface area contributed by atoms with Crippen LogP contribution in [0.4, 0.5) is 28.9 Å². The number of fused-ring (bicyclic) bond motifs is 3. The highest BCUT2D eigenvalue weighted by Gasteiger charge is 2.32. The standard InChI is InChI=1S/C25H18F4N4O2/c1-2-32-19-6-4-3-5-14(19)15-11-13(7-9-20(15)32)30-25(35)18-8-10-21(34)33(31-18)24-22(28)16(26)12-17(27)23(24)29/h3-7,9,11-12H,2,8,10H2,1H3,(H,30,35). The van der Waals surface area contributed by atoms with Crippen molar-refractivity contribution in [3.63, 3.8) is 0 Å². The molecule has 0 saturated heterocycles. The van der Waals surface area contributed by atoms with Gasteiger partial charge in [-0.1, -0.05) is 18.2 Å². The minimum atomic E-state index is -1.78. The van der Waals surface area contributed by atoms with E-state index in [1.165, 1.54) is 0 Å². The summed E-state index contributed by atoms with van der Waals surface area (Å²) in [5.41, 5.74) is 0.959. The zero-order valence-electron chi connectivity index (χ0n) is 18.4. The van der Waals surface area contributed by atoms with Crippen LogP contribution in [0.15, 0.2) is 53.6 Å². The lowest BCUT2D eigenvalue weighted by Gasteiger charge is -2.24. The monoisotopic (exact) mass is 482 g/mol. The first-order valence-corrected chi connectivity index (χ1v) is 10.9. The van der Waals surface area contributed by atoms with Gasteiger partial charge in [0.1, 0.15) is 11.4 Å². The molecule has 35 heavy (non-hydrogen) atoms. The fourth-order valence-corrected chi connectivity index (χ4v) is 4.31. The Hall–Kier alpha value is -4.21. The van der Waals surface area contributed by atoms with E-state index in [1.54, 1.807) is 12.1 Å². The molecule has 0 unspecified atom stereocenters. The number of carbonyl (C=O) groups is 2. The van der Waals surface area contributed by atoms with Gasteiger partial charge in [0.25, 0.3) is 5.91 Å². The van der Waals surface area contributed by atoms with E-state index >= 15 is 0 Å². The highest BCUT2D eigenvalue weighted by atomic mass is 19.2. The van der Waals surface area contributed by atoms with E-state index in [9.17, 15) is 27.2 Å². The van der Waals surface area contributed by atoms with Gasteiger partial charge < -0.3 is 9.88 Å². The third-order valence-corrected chi connectivity index (χ3v) is 5.94. The number of hydrogen-bond acceptors (Lipinski definition) is 3. The summed E-state index contributed by atoms with van der Waals surface area (Å²) in [6, 6.07) is 13.3. The second-order valence-electron chi connectivity index (χ2n) is 8.02. The molecule has 1 aliphatic rings. The van der Waals surface area contributed by atoms with Crippen LogP contribution in [0.3, 0.4) is 0 Å². The molecule has 1 N–H and O–H groups in total. The predicted octanol–water partition coefficient (Wildman–Crippen LogP) is 5.49. The molecule has 1 aromatic heterocycles. The maximum absolute atomic E-state index is 14.2. The average Bonchev–Trinajstić information content (AvgIpc) is 3.17. The quantitative estimate of drug-likeness (QED) is 0.309. The van der Waals surface area contributed by atoms with Crippen LogP contribution in [0.25, 0.3) is 21.8 Å². The number of benzene rings is 3. The van der Waals surface area contributed by atoms with E-state index in [2.05, 4.69) is 15.0 Å². The van der Waals surface area contributed by atoms with Crippen LogP contribution in [0, 0.1) is 23.3 Å². The van der Waals surface area contributed by atoms with Crippen LogP contribution in [-0.4, -0.2) is 22.1 Å². The summed E-state index contributed by atoms with van der Waals surface area (Å²) >= 11 is 0. The van der Waals surface area contributed by atoms with Crippen molar-refractivity contribution >= 4 is 50.7 Å². The van der Waals surface area contributed by atoms with E-state index in [4.69, 9.17) is 0 Å². The average molecular weight is 482 g/mol. The van der Waals surface area contributed by atoms with Gasteiger partial charge in [-0.05, 0) is 31.2 Å². The normalized spacial score (nSPS) is 14.0. The van der Waals surface area contributed by atoms with Gasteiger partial charge in [-0.25, -0.2) is 17.6 Å². The zero-order valence-corrected chi connectivity index (χ0v) is 18.4. The molecular weight excluding hydrogens is 464 g/mol. The van der Waals surface area contributed by atoms with E-state index in [0.717, 1.165) is 28.4 Å². The van der Waals surface area contributed by atoms with Crippen molar-refractivity contribution < 1.29 is 27.2 Å². The van der Waals surface area contributed by atoms with E-state index in [-0.39, 0.29) is 29.6 Å². The summed E-state index contributed by atoms with van der Waals surface area (Å²) in [5, 5.41) is 8.54. The van der Waals surface area contributed by atoms with E-state index < -0.39 is 40.8 Å². The van der Waals surface area contributed by atoms with Crippen molar-refractivity contribution in [1.82, 2.24) is 4.57 Å². The molecular formula is C25H18F4N4O2. The Morgan fingerprint density at radius 3 is 2.34 bits per heavy atom. The first-order valence-electron chi connectivity index (χ1n) is 10.9. The van der Waals surface area contributed by atoms with Crippen LogP contribution in [-0.2, 0) is 16.1 Å². The maximum atomic E-state index is 14.2. The number of para-hydroxylation sites is 1. The first kappa shape index (κ1) is 22.6. The Morgan fingerprint density at radius 2 is 1.63 bits per heavy atom. The lowest BCUT2D eigenvalue weighted by molar-refractivity contribution is -0.118. The molecule has 2 heterocycles. The van der Waals surface area contributed by atoms with Gasteiger partial charge in [0, 0.05) is 52.9 Å². The number of hydrogen-bond donors (Lipinski definition) is 1. The summed E-state index contributed by atoms with van der Waals surface area (Å²) in [7, 11) is 0. The van der Waals surface area contributed by atoms with Gasteiger partial charge in [-0.3, -0.25) is 9.59 Å². The first-order chi connectivity index (χ1) is 16.8. The van der Waals surface area contributed by atoms with Crippen LogP contribution in [0.2, 0.25) is 0 Å². The SMILES string of the molecule is CCn1c2ccccc2c2cc(NC(=O)C3=NN(c4c(F)c(F)cc(F)c4F)C(=O)CC3)ccc21. The molecule has 4 aromatic rings. The topological polar surface area (TPSA) is 66.7 Å². The van der Waals surface area contributed by atoms with Crippen molar-refractivity contribution in [2.24, 2.45) is 5.10 Å². The number of anilines is 2. The third-order valence-electron chi connectivity index (χ3n) is 5.94. The van der Waals surface area contributed by atoms with Gasteiger partial charge in [0.15, 0.2) is 23.3 Å². The Labute approximate surface area is 196 Å². The van der Waals surface area contributed by atoms with Crippen molar-refractivity contribution in [3.8, 4) is 0 Å². The van der Waals surface area contributed by atoms with Crippen LogP contribution < -0.4 is 10.3 Å². The van der Waals surface area contributed by atoms with E-state index in [1.807, 2.05) is 37.3 Å². The summed E-state index contributed by atoms with van der Waals surface area (Å²) in [4.78, 5) is 25.2. The summed E-state index contributed by atoms with van der Waals surface area (Å²) < 4.78 is 57.9. The number of aryl methyl sites for hydroxylation is 1. The minimum absolute atomic E-state index is 0.0333. The Balaban J connectivity index is 1.49. The highest BCUT2D eigenvalue weighted by Crippen LogP contribution is 2.32. The summed E-state index contributed by atoms with van der Waals surface area (Å²) in [6.07, 6.45) is -0.439. The molecule has 0 spiro atoms. The van der Waals surface area contributed by atoms with Crippen LogP contribution in [0.1, 0.15) is 19.8 Å². The molecule has 10 heteroatoms. The van der Waals surface area contributed by atoms with Gasteiger partial charge >= 0.3 is 0 Å². The van der Waals surface area contributed by atoms with Crippen LogP contribution >= 0.6 is 0 Å². The van der Waals surface area contributed by atoms with Gasteiger partial charge in [-0.2, -0.15) is 10.1 Å². The molecule has 0 atom stereocenters. The number of amides is 2. The Bertz CT molecular complexity index is 1530. The smallest absolute Gasteiger partial charge is 0.271 e. The molecule has 5 rings (SSSR count). The molecule has 3 aromatic carbocycles. The molecule has 0 saturated carbocycles. The van der Waals surface area contributed by atoms with Crippen molar-refractivity contribution in [1.29, 1.82) is 0 Å². The third kappa shape index (κ3) is 3.71. The second kappa shape index (κ2) is 8.53. The minimum Gasteiger partial charge on any atom is -0.341 e. The summed E-state index contributed by atoms with van der Waals surface area (Å²) in [6.45, 7) is 2.79. The second-order valence-corrected chi connectivity index (χ2v) is 8.02. The molecule has 0 aliphatic carbocycles. The van der Waals surface area contributed by atoms with Crippen LogP contribution in [0.5, 0.6) is 0 Å². The fourth-order valence-electron chi connectivity index (χ4n) is 4.31. The number of nitrogens with one attached hydrogen (secondary N) is 1. The molecule has 0 bridgehead atoms. The van der Waals surface area contributed by atoms with Crippen molar-refractivity contribution in [2.45, 2.75) is 26.3 Å². The number of aromatic nitrogens is 1. The van der Waals surface area contributed by atoms with Crippen molar-refractivity contribution in [2.75, 3.05) is 10.3 Å². The number of carbonyl (C=O) groups excluding carboxylic acids is 2. The largest absolute Gasteiger partial charge is 0.341 e. The lowest BCUT2D eigenvalue weighted by Crippen LogP contribution is -2.37. The summed E-state index contributed by atoms with van der Waals surface area (Å²) in [5.74, 6) is -8.53. The van der Waals surface area contributed by atoms with Gasteiger partial charge in [0.2, 0.25) is 5.91 Å². The van der Waals surface area contributed by atoms with E-state index in [0.29, 0.717) is 5.69 Å². The predicted molar refractivity (Wildman–Crippen MR) is 124 cm³/mol. The molecule has 178 valence electrons. The fraction of sp³-hybridized carbons (Fsp3) is 0.160. The Kier molecular flexibility index (Phi) is 5.50. The Morgan fingerprint density at radius 1 is 0.943 bits per heavy atom. The maximum Gasteiger partial charge on any atom is 0.271 e. The lowest BCUT2D eigenvalue weighted by atomic mass is 10.1. The number of rotatable bonds is 4.